The molecule has 4 aromatic rings. The summed E-state index contributed by atoms with van der Waals surface area (Å²) in [5.74, 6) is 0.791. The molecule has 0 radical (unpaired) electrons. The third-order valence-electron chi connectivity index (χ3n) is 3.25. The molecule has 0 spiro atoms. The summed E-state index contributed by atoms with van der Waals surface area (Å²) in [6.07, 6.45) is 3.66. The first kappa shape index (κ1) is 11.0. The second kappa shape index (κ2) is 4.38. The summed E-state index contributed by atoms with van der Waals surface area (Å²) in [7, 11) is 0. The average Bonchev–Trinajstić information content (AvgIpc) is 3.06. The van der Waals surface area contributed by atoms with E-state index in [4.69, 9.17) is 4.74 Å². The van der Waals surface area contributed by atoms with Crippen molar-refractivity contribution in [3.63, 3.8) is 0 Å². The average molecular weight is 264 g/mol. The minimum absolute atomic E-state index is 0.549. The summed E-state index contributed by atoms with van der Waals surface area (Å²) in [6, 6.07) is 14.0. The van der Waals surface area contributed by atoms with Gasteiger partial charge in [0, 0.05) is 0 Å². The lowest BCUT2D eigenvalue weighted by atomic mass is 10.2. The molecule has 0 amide bonds. The van der Waals surface area contributed by atoms with Crippen LogP contribution in [0, 0.1) is 0 Å². The predicted molar refractivity (Wildman–Crippen MR) is 75.6 cm³/mol. The van der Waals surface area contributed by atoms with E-state index in [2.05, 4.69) is 15.3 Å². The number of pyridine rings is 1. The van der Waals surface area contributed by atoms with E-state index in [0.717, 1.165) is 27.9 Å². The van der Waals surface area contributed by atoms with Crippen LogP contribution in [0.3, 0.4) is 0 Å². The van der Waals surface area contributed by atoms with E-state index in [1.165, 1.54) is 0 Å². The van der Waals surface area contributed by atoms with E-state index < -0.39 is 0 Å². The van der Waals surface area contributed by atoms with Crippen LogP contribution in [-0.2, 0) is 6.61 Å². The van der Waals surface area contributed by atoms with Gasteiger partial charge in [0.05, 0.1) is 23.3 Å². The number of rotatable bonds is 3. The van der Waals surface area contributed by atoms with Crippen LogP contribution in [0.15, 0.2) is 54.9 Å². The fraction of sp³-hybridized carbons (Fsp3) is 0.0667. The Morgan fingerprint density at radius 3 is 2.90 bits per heavy atom. The van der Waals surface area contributed by atoms with Crippen LogP contribution in [0.1, 0.15) is 5.56 Å². The Bertz CT molecular complexity index is 863. The van der Waals surface area contributed by atoms with Crippen molar-refractivity contribution in [2.75, 3.05) is 0 Å². The summed E-state index contributed by atoms with van der Waals surface area (Å²) >= 11 is 0. The topological polar surface area (TPSA) is 55.2 Å². The largest absolute Gasteiger partial charge is 0.487 e. The number of benzene rings is 1. The van der Waals surface area contributed by atoms with Gasteiger partial charge in [-0.1, -0.05) is 30.3 Å². The standard InChI is InChI=1S/C15H12N4O/c1-2-4-11(5-3-1)10-20-12-6-7-14-13-8-16-17-15(13)18-19(14)9-12/h1-9H,10H2,(H,17,18). The Balaban J connectivity index is 1.63. The molecule has 0 saturated carbocycles. The molecule has 5 heteroatoms. The summed E-state index contributed by atoms with van der Waals surface area (Å²) in [6.45, 7) is 0.549. The number of nitrogens with one attached hydrogen (secondary N) is 1. The maximum Gasteiger partial charge on any atom is 0.178 e. The van der Waals surface area contributed by atoms with Crippen LogP contribution in [0.4, 0.5) is 0 Å². The first-order valence-corrected chi connectivity index (χ1v) is 6.38. The van der Waals surface area contributed by atoms with Gasteiger partial charge in [0.25, 0.3) is 0 Å². The van der Waals surface area contributed by atoms with Crippen molar-refractivity contribution in [1.29, 1.82) is 0 Å². The molecular weight excluding hydrogens is 252 g/mol. The minimum Gasteiger partial charge on any atom is -0.487 e. The smallest absolute Gasteiger partial charge is 0.178 e. The van der Waals surface area contributed by atoms with E-state index in [1.807, 2.05) is 53.2 Å². The SMILES string of the molecule is c1ccc(COc2ccc3c4cn[nH]c4nn3c2)cc1. The van der Waals surface area contributed by atoms with Crippen LogP contribution in [0.5, 0.6) is 5.75 Å². The van der Waals surface area contributed by atoms with Gasteiger partial charge in [-0.25, -0.2) is 4.52 Å². The second-order valence-corrected chi connectivity index (χ2v) is 4.60. The van der Waals surface area contributed by atoms with Gasteiger partial charge in [0.2, 0.25) is 0 Å². The quantitative estimate of drug-likeness (QED) is 0.619. The lowest BCUT2D eigenvalue weighted by Gasteiger charge is -2.06. The van der Waals surface area contributed by atoms with Crippen LogP contribution in [0.2, 0.25) is 0 Å². The first-order chi connectivity index (χ1) is 9.90. The summed E-state index contributed by atoms with van der Waals surface area (Å²) in [5, 5.41) is 12.3. The fourth-order valence-corrected chi connectivity index (χ4v) is 2.24. The van der Waals surface area contributed by atoms with Crippen LogP contribution < -0.4 is 4.74 Å². The Morgan fingerprint density at radius 1 is 1.10 bits per heavy atom. The van der Waals surface area contributed by atoms with Crippen molar-refractivity contribution in [2.24, 2.45) is 0 Å². The normalized spacial score (nSPS) is 11.2. The van der Waals surface area contributed by atoms with Crippen molar-refractivity contribution < 1.29 is 4.74 Å². The van der Waals surface area contributed by atoms with Gasteiger partial charge in [0.15, 0.2) is 5.65 Å². The zero-order valence-corrected chi connectivity index (χ0v) is 10.7. The lowest BCUT2D eigenvalue weighted by Crippen LogP contribution is -1.97. The highest BCUT2D eigenvalue weighted by molar-refractivity contribution is 5.91. The Morgan fingerprint density at radius 2 is 2.00 bits per heavy atom. The number of ether oxygens (including phenoxy) is 1. The summed E-state index contributed by atoms with van der Waals surface area (Å²) in [4.78, 5) is 0. The van der Waals surface area contributed by atoms with Crippen LogP contribution in [0.25, 0.3) is 16.6 Å². The molecule has 3 heterocycles. The maximum atomic E-state index is 5.79. The van der Waals surface area contributed by atoms with Gasteiger partial charge in [-0.15, -0.1) is 5.10 Å². The van der Waals surface area contributed by atoms with Crippen molar-refractivity contribution in [3.8, 4) is 5.75 Å². The molecule has 0 atom stereocenters. The highest BCUT2D eigenvalue weighted by Crippen LogP contribution is 2.20. The van der Waals surface area contributed by atoms with E-state index in [9.17, 15) is 0 Å². The fourth-order valence-electron chi connectivity index (χ4n) is 2.24. The zero-order valence-electron chi connectivity index (χ0n) is 10.7. The number of aromatic nitrogens is 4. The molecule has 1 aromatic carbocycles. The third kappa shape index (κ3) is 1.80. The summed E-state index contributed by atoms with van der Waals surface area (Å²) < 4.78 is 7.59. The minimum atomic E-state index is 0.549. The number of hydrogen-bond donors (Lipinski definition) is 1. The molecule has 98 valence electrons. The van der Waals surface area contributed by atoms with Crippen LogP contribution >= 0.6 is 0 Å². The van der Waals surface area contributed by atoms with Gasteiger partial charge < -0.3 is 4.74 Å². The molecule has 3 aromatic heterocycles. The van der Waals surface area contributed by atoms with E-state index in [0.29, 0.717) is 6.61 Å². The van der Waals surface area contributed by atoms with Gasteiger partial charge in [0.1, 0.15) is 12.4 Å². The third-order valence-corrected chi connectivity index (χ3v) is 3.25. The molecule has 0 bridgehead atoms. The molecule has 0 unspecified atom stereocenters. The van der Waals surface area contributed by atoms with Crippen molar-refractivity contribution in [2.45, 2.75) is 6.61 Å². The molecular formula is C15H12N4O. The molecule has 0 saturated heterocycles. The van der Waals surface area contributed by atoms with Crippen LogP contribution in [-0.4, -0.2) is 19.8 Å². The lowest BCUT2D eigenvalue weighted by molar-refractivity contribution is 0.304. The van der Waals surface area contributed by atoms with E-state index in [1.54, 1.807) is 6.20 Å². The Labute approximate surface area is 114 Å². The monoisotopic (exact) mass is 264 g/mol. The molecule has 0 fully saturated rings. The highest BCUT2D eigenvalue weighted by Gasteiger charge is 2.07. The molecule has 1 N–H and O–H groups in total. The number of aromatic amines is 1. The zero-order chi connectivity index (χ0) is 13.4. The van der Waals surface area contributed by atoms with Crippen molar-refractivity contribution in [1.82, 2.24) is 19.8 Å². The van der Waals surface area contributed by atoms with Gasteiger partial charge >= 0.3 is 0 Å². The number of H-pyrrole nitrogens is 1. The Hall–Kier alpha value is -2.82. The number of fused-ring (bicyclic) bond motifs is 3. The molecule has 20 heavy (non-hydrogen) atoms. The van der Waals surface area contributed by atoms with Crippen molar-refractivity contribution >= 4 is 16.6 Å². The van der Waals surface area contributed by atoms with Gasteiger partial charge in [-0.3, -0.25) is 5.10 Å². The van der Waals surface area contributed by atoms with E-state index >= 15 is 0 Å². The van der Waals surface area contributed by atoms with Gasteiger partial charge in [-0.2, -0.15) is 5.10 Å². The molecule has 0 aliphatic heterocycles. The molecule has 4 rings (SSSR count). The number of nitrogens with zero attached hydrogens (tertiary/aromatic N) is 3. The van der Waals surface area contributed by atoms with E-state index in [-0.39, 0.29) is 0 Å². The van der Waals surface area contributed by atoms with Gasteiger partial charge in [-0.05, 0) is 17.7 Å². The molecule has 0 aliphatic rings. The van der Waals surface area contributed by atoms with Crippen molar-refractivity contribution in [3.05, 3.63) is 60.4 Å². The Kier molecular flexibility index (Phi) is 2.42. The summed E-state index contributed by atoms with van der Waals surface area (Å²) in [5.41, 5.74) is 2.94. The highest BCUT2D eigenvalue weighted by atomic mass is 16.5. The predicted octanol–water partition coefficient (Wildman–Crippen LogP) is 2.79. The maximum absolute atomic E-state index is 5.79. The number of hydrogen-bond acceptors (Lipinski definition) is 3. The first-order valence-electron chi connectivity index (χ1n) is 6.38. The second-order valence-electron chi connectivity index (χ2n) is 4.60. The molecule has 0 aliphatic carbocycles. The molecule has 5 nitrogen and oxygen atoms in total.